The summed E-state index contributed by atoms with van der Waals surface area (Å²) in [7, 11) is 0. The number of imidazole rings is 1. The predicted molar refractivity (Wildman–Crippen MR) is 272 cm³/mol. The van der Waals surface area contributed by atoms with Crippen LogP contribution in [0, 0.1) is 32.3 Å². The van der Waals surface area contributed by atoms with Crippen molar-refractivity contribution in [3.8, 4) is 44.9 Å². The standard InChI is InChI=1S/C60H46BN5.Pt/c1-40-21-18-22-41(2)58(40)66(56-38-43(60(3,4)5)37-55(62-56)65-52-34-16-14-29-48(52)49-30-15-17-35-53(49)65)61-57-45(42-23-8-6-9-24-42)31-19-32-50(57)46-27-12-13-28-47(46)51-33-20-36-54-59(51)64(61)39-63(54)44-25-10-7-11-26-44;/h6-25,27-34,36-38H,1-5H3;/q-2;. The van der Waals surface area contributed by atoms with Gasteiger partial charge >= 0.3 is 6.98 Å². The van der Waals surface area contributed by atoms with E-state index in [0.29, 0.717) is 0 Å². The molecule has 67 heavy (non-hydrogen) atoms. The van der Waals surface area contributed by atoms with Crippen LogP contribution in [0.3, 0.4) is 0 Å². The fourth-order valence-corrected chi connectivity index (χ4v) is 10.4. The Morgan fingerprint density at radius 1 is 0.582 bits per heavy atom. The maximum absolute atomic E-state index is 5.91. The number of hydrogen-bond acceptors (Lipinski definition) is 2. The van der Waals surface area contributed by atoms with Crippen LogP contribution in [0.4, 0.5) is 11.5 Å². The molecule has 0 spiro atoms. The van der Waals surface area contributed by atoms with Crippen LogP contribution in [0.25, 0.3) is 77.7 Å². The Morgan fingerprint density at radius 2 is 1.21 bits per heavy atom. The average molecular weight is 1040 g/mol. The van der Waals surface area contributed by atoms with E-state index in [1.165, 1.54) is 22.1 Å². The van der Waals surface area contributed by atoms with E-state index in [0.717, 1.165) is 89.3 Å². The van der Waals surface area contributed by atoms with Gasteiger partial charge in [0.05, 0.1) is 11.0 Å². The Bertz CT molecular complexity index is 3610. The summed E-state index contributed by atoms with van der Waals surface area (Å²) in [6.45, 7) is 10.8. The van der Waals surface area contributed by atoms with Crippen molar-refractivity contribution in [1.82, 2.24) is 14.1 Å². The number of rotatable bonds is 6. The number of anilines is 2. The number of aromatic nitrogens is 4. The monoisotopic (exact) mass is 1040 g/mol. The third-order valence-electron chi connectivity index (χ3n) is 13.4. The number of benzene rings is 8. The van der Waals surface area contributed by atoms with Crippen LogP contribution in [0.5, 0.6) is 0 Å². The van der Waals surface area contributed by atoms with Gasteiger partial charge in [-0.15, -0.1) is 5.39 Å². The second kappa shape index (κ2) is 16.6. The van der Waals surface area contributed by atoms with E-state index >= 15 is 0 Å². The molecule has 0 radical (unpaired) electrons. The van der Waals surface area contributed by atoms with Crippen LogP contribution in [0.15, 0.2) is 188 Å². The van der Waals surface area contributed by atoms with E-state index in [2.05, 4.69) is 241 Å². The number of pyridine rings is 1. The van der Waals surface area contributed by atoms with Gasteiger partial charge in [-0.25, -0.2) is 4.98 Å². The van der Waals surface area contributed by atoms with Gasteiger partial charge in [0.1, 0.15) is 11.6 Å². The third-order valence-corrected chi connectivity index (χ3v) is 13.4. The molecular formula is C60H46BN5Pt-2. The van der Waals surface area contributed by atoms with Crippen molar-refractivity contribution in [3.63, 3.8) is 0 Å². The van der Waals surface area contributed by atoms with Gasteiger partial charge in [0.15, 0.2) is 0 Å². The van der Waals surface area contributed by atoms with Crippen molar-refractivity contribution < 1.29 is 25.5 Å². The summed E-state index contributed by atoms with van der Waals surface area (Å²) in [5.41, 5.74) is 17.5. The van der Waals surface area contributed by atoms with E-state index in [-0.39, 0.29) is 26.5 Å². The zero-order chi connectivity index (χ0) is 44.7. The minimum absolute atomic E-state index is 0. The van der Waals surface area contributed by atoms with E-state index < -0.39 is 6.98 Å². The number of hydrogen-bond donors (Lipinski definition) is 0. The first-order valence-corrected chi connectivity index (χ1v) is 22.8. The summed E-state index contributed by atoms with van der Waals surface area (Å²) in [4.78, 5) is 8.43. The van der Waals surface area contributed by atoms with Crippen LogP contribution >= 0.6 is 0 Å². The molecule has 3 aromatic heterocycles. The van der Waals surface area contributed by atoms with Crippen LogP contribution in [0.2, 0.25) is 0 Å². The van der Waals surface area contributed by atoms with Gasteiger partial charge in [-0.3, -0.25) is 0 Å². The maximum atomic E-state index is 5.91. The molecule has 0 amide bonds. The Hall–Kier alpha value is -7.27. The van der Waals surface area contributed by atoms with Crippen molar-refractivity contribution in [3.05, 3.63) is 223 Å². The minimum atomic E-state index is -0.515. The summed E-state index contributed by atoms with van der Waals surface area (Å²) in [6, 6.07) is 74.8. The van der Waals surface area contributed by atoms with Gasteiger partial charge in [-0.1, -0.05) is 159 Å². The molecule has 12 rings (SSSR count). The fourth-order valence-electron chi connectivity index (χ4n) is 10.4. The predicted octanol–water partition coefficient (Wildman–Crippen LogP) is 13.1. The summed E-state index contributed by atoms with van der Waals surface area (Å²) in [5.74, 6) is 1.67. The van der Waals surface area contributed by atoms with Crippen molar-refractivity contribution in [2.75, 3.05) is 4.81 Å². The van der Waals surface area contributed by atoms with Gasteiger partial charge in [-0.2, -0.15) is 54.6 Å². The molecule has 0 bridgehead atoms. The number of fused-ring (bicyclic) bond motifs is 7. The van der Waals surface area contributed by atoms with Crippen LogP contribution in [-0.2, 0) is 26.5 Å². The Balaban J connectivity index is 0.00000494. The molecule has 0 unspecified atom stereocenters. The third kappa shape index (κ3) is 6.88. The van der Waals surface area contributed by atoms with Crippen molar-refractivity contribution in [2.24, 2.45) is 0 Å². The van der Waals surface area contributed by atoms with Crippen LogP contribution < -0.4 is 14.8 Å². The average Bonchev–Trinajstić information content (AvgIpc) is 3.90. The molecule has 0 fully saturated rings. The molecule has 1 aliphatic rings. The molecule has 4 heterocycles. The van der Waals surface area contributed by atoms with E-state index in [1.54, 1.807) is 0 Å². The molecule has 0 N–H and O–H groups in total. The normalized spacial score (nSPS) is 12.1. The molecule has 326 valence electrons. The van der Waals surface area contributed by atoms with E-state index in [1.807, 2.05) is 18.2 Å². The van der Waals surface area contributed by atoms with Gasteiger partial charge in [-0.05, 0) is 92.9 Å². The minimum Gasteiger partial charge on any atom is -0.354 e. The first-order valence-electron chi connectivity index (χ1n) is 22.8. The SMILES string of the molecule is Cc1cccc(C)c1N(B1c2c(-c3ccccc3)cccc2-c2ccccc2-c2cccc3c2[n+]1[c-]n3-c1[c-]cccc1)c1cc(C(C)(C)C)cc(-n2c3[c-]cccc3c3ccccc32)n1.[Pt]. The number of para-hydroxylation sites is 5. The van der Waals surface area contributed by atoms with Crippen molar-refractivity contribution in [2.45, 2.75) is 40.0 Å². The van der Waals surface area contributed by atoms with Crippen molar-refractivity contribution in [1.29, 1.82) is 0 Å². The summed E-state index contributed by atoms with van der Waals surface area (Å²) in [6.07, 6.45) is 4.03. The quantitative estimate of drug-likeness (QED) is 0.123. The van der Waals surface area contributed by atoms with Crippen molar-refractivity contribution >= 4 is 56.8 Å². The molecule has 7 heteroatoms. The number of nitrogens with zero attached hydrogens (tertiary/aromatic N) is 5. The molecule has 0 atom stereocenters. The van der Waals surface area contributed by atoms with Gasteiger partial charge in [0.25, 0.3) is 0 Å². The first kappa shape index (κ1) is 42.4. The van der Waals surface area contributed by atoms with Gasteiger partial charge in [0, 0.05) is 37.7 Å². The Morgan fingerprint density at radius 3 is 1.99 bits per heavy atom. The molecule has 5 nitrogen and oxygen atoms in total. The second-order valence-corrected chi connectivity index (χ2v) is 18.5. The van der Waals surface area contributed by atoms with Crippen LogP contribution in [0.1, 0.15) is 37.5 Å². The smallest absolute Gasteiger partial charge is 0.354 e. The largest absolute Gasteiger partial charge is 0.526 e. The van der Waals surface area contributed by atoms with Crippen LogP contribution in [-0.4, -0.2) is 21.1 Å². The molecule has 11 aromatic rings. The fraction of sp³-hybridized carbons (Fsp3) is 0.100. The summed E-state index contributed by atoms with van der Waals surface area (Å²) in [5, 5.41) is 2.32. The molecular weight excluding hydrogens is 997 g/mol. The zero-order valence-corrected chi connectivity index (χ0v) is 40.3. The zero-order valence-electron chi connectivity index (χ0n) is 38.0. The van der Waals surface area contributed by atoms with Gasteiger partial charge in [0.2, 0.25) is 6.33 Å². The Kier molecular flexibility index (Phi) is 10.5. The molecule has 0 saturated heterocycles. The van der Waals surface area contributed by atoms with E-state index in [4.69, 9.17) is 4.98 Å². The van der Waals surface area contributed by atoms with Gasteiger partial charge < -0.3 is 18.4 Å². The molecule has 1 aliphatic heterocycles. The Labute approximate surface area is 407 Å². The number of aryl methyl sites for hydroxylation is 2. The van der Waals surface area contributed by atoms with E-state index in [9.17, 15) is 0 Å². The molecule has 8 aromatic carbocycles. The molecule has 0 aliphatic carbocycles. The maximum Gasteiger partial charge on any atom is 0.526 e. The summed E-state index contributed by atoms with van der Waals surface area (Å²) < 4.78 is 6.89. The molecule has 0 saturated carbocycles. The second-order valence-electron chi connectivity index (χ2n) is 18.5. The topological polar surface area (TPSA) is 29.9 Å². The first-order chi connectivity index (χ1) is 32.2. The summed E-state index contributed by atoms with van der Waals surface area (Å²) >= 11 is 0.